The van der Waals surface area contributed by atoms with E-state index in [-0.39, 0.29) is 17.1 Å². The van der Waals surface area contributed by atoms with Crippen molar-refractivity contribution < 1.29 is 9.18 Å². The number of rotatable bonds is 2. The van der Waals surface area contributed by atoms with Crippen molar-refractivity contribution in [1.29, 1.82) is 0 Å². The van der Waals surface area contributed by atoms with Crippen LogP contribution in [-0.4, -0.2) is 11.7 Å². The van der Waals surface area contributed by atoms with Crippen LogP contribution < -0.4 is 4.90 Å². The number of nitrogens with zero attached hydrogens (tertiary/aromatic N) is 1. The highest BCUT2D eigenvalue weighted by Gasteiger charge is 2.33. The lowest BCUT2D eigenvalue weighted by Crippen LogP contribution is -2.27. The quantitative estimate of drug-likeness (QED) is 0.833. The van der Waals surface area contributed by atoms with E-state index in [0.29, 0.717) is 11.4 Å². The third kappa shape index (κ3) is 2.36. The van der Waals surface area contributed by atoms with Gasteiger partial charge in [-0.1, -0.05) is 36.4 Å². The first kappa shape index (κ1) is 12.2. The number of hydrogen-bond acceptors (Lipinski definition) is 2. The maximum atomic E-state index is 13.3. The summed E-state index contributed by atoms with van der Waals surface area (Å²) in [6.45, 7) is 0. The van der Waals surface area contributed by atoms with Crippen LogP contribution in [0.3, 0.4) is 0 Å². The molecule has 0 aromatic heterocycles. The molecule has 0 saturated carbocycles. The number of carbonyl (C=O) groups is 1. The smallest absolute Gasteiger partial charge is 0.238 e. The molecule has 1 aliphatic heterocycles. The number of carbonyl (C=O) groups excluding carboxylic acids is 1. The Morgan fingerprint density at radius 3 is 2.63 bits per heavy atom. The van der Waals surface area contributed by atoms with Gasteiger partial charge >= 0.3 is 0 Å². The van der Waals surface area contributed by atoms with Crippen LogP contribution in [0.2, 0.25) is 0 Å². The molecule has 2 aromatic rings. The molecule has 0 N–H and O–H groups in total. The SMILES string of the molecule is O=C1CSC(c2ccccc2)N1c1cccc(F)c1. The number of amides is 1. The molecule has 96 valence electrons. The summed E-state index contributed by atoms with van der Waals surface area (Å²) < 4.78 is 13.3. The third-order valence-corrected chi connectivity index (χ3v) is 4.25. The summed E-state index contributed by atoms with van der Waals surface area (Å²) in [4.78, 5) is 13.7. The molecular formula is C15H12FNOS. The summed E-state index contributed by atoms with van der Waals surface area (Å²) in [5, 5.41) is -0.0736. The molecule has 4 heteroatoms. The van der Waals surface area contributed by atoms with E-state index in [1.165, 1.54) is 12.1 Å². The normalized spacial score (nSPS) is 18.9. The molecule has 1 aliphatic rings. The minimum Gasteiger partial charge on any atom is -0.295 e. The van der Waals surface area contributed by atoms with Gasteiger partial charge in [0, 0.05) is 5.69 Å². The van der Waals surface area contributed by atoms with Crippen molar-refractivity contribution in [2.45, 2.75) is 5.37 Å². The van der Waals surface area contributed by atoms with Crippen molar-refractivity contribution in [3.63, 3.8) is 0 Å². The fraction of sp³-hybridized carbons (Fsp3) is 0.133. The average molecular weight is 273 g/mol. The zero-order chi connectivity index (χ0) is 13.2. The van der Waals surface area contributed by atoms with Crippen molar-refractivity contribution in [2.24, 2.45) is 0 Å². The number of thioether (sulfide) groups is 1. The number of halogens is 1. The Hall–Kier alpha value is -1.81. The molecule has 2 aromatic carbocycles. The molecule has 0 spiro atoms. The van der Waals surface area contributed by atoms with Crippen molar-refractivity contribution in [2.75, 3.05) is 10.7 Å². The summed E-state index contributed by atoms with van der Waals surface area (Å²) in [5.41, 5.74) is 1.67. The maximum Gasteiger partial charge on any atom is 0.238 e. The molecule has 0 radical (unpaired) electrons. The van der Waals surface area contributed by atoms with E-state index in [0.717, 1.165) is 5.56 Å². The van der Waals surface area contributed by atoms with Gasteiger partial charge in [0.15, 0.2) is 0 Å². The summed E-state index contributed by atoms with van der Waals surface area (Å²) in [5.74, 6) is 0.120. The standard InChI is InChI=1S/C15H12FNOS/c16-12-7-4-8-13(9-12)17-14(18)10-19-15(17)11-5-2-1-3-6-11/h1-9,15H,10H2. The van der Waals surface area contributed by atoms with E-state index in [1.807, 2.05) is 30.3 Å². The first-order valence-corrected chi connectivity index (χ1v) is 7.05. The zero-order valence-corrected chi connectivity index (χ0v) is 10.9. The van der Waals surface area contributed by atoms with Gasteiger partial charge in [-0.15, -0.1) is 11.8 Å². The van der Waals surface area contributed by atoms with Crippen LogP contribution in [-0.2, 0) is 4.79 Å². The van der Waals surface area contributed by atoms with E-state index in [4.69, 9.17) is 0 Å². The van der Waals surface area contributed by atoms with E-state index < -0.39 is 0 Å². The first-order valence-electron chi connectivity index (χ1n) is 6.00. The van der Waals surface area contributed by atoms with Crippen LogP contribution >= 0.6 is 11.8 Å². The van der Waals surface area contributed by atoms with Crippen molar-refractivity contribution >= 4 is 23.4 Å². The third-order valence-electron chi connectivity index (χ3n) is 3.04. The minimum absolute atomic E-state index is 0.0180. The molecule has 3 rings (SSSR count). The molecule has 19 heavy (non-hydrogen) atoms. The predicted octanol–water partition coefficient (Wildman–Crippen LogP) is 3.60. The number of benzene rings is 2. The molecule has 1 saturated heterocycles. The molecule has 2 nitrogen and oxygen atoms in total. The molecular weight excluding hydrogens is 261 g/mol. The second-order valence-corrected chi connectivity index (χ2v) is 5.39. The van der Waals surface area contributed by atoms with Crippen LogP contribution in [0.25, 0.3) is 0 Å². The van der Waals surface area contributed by atoms with Crippen LogP contribution in [0.4, 0.5) is 10.1 Å². The lowest BCUT2D eigenvalue weighted by atomic mass is 10.2. The highest BCUT2D eigenvalue weighted by molar-refractivity contribution is 8.00. The van der Waals surface area contributed by atoms with Gasteiger partial charge in [-0.05, 0) is 23.8 Å². The van der Waals surface area contributed by atoms with Gasteiger partial charge in [0.05, 0.1) is 5.75 Å². The Kier molecular flexibility index (Phi) is 3.25. The Morgan fingerprint density at radius 1 is 1.11 bits per heavy atom. The van der Waals surface area contributed by atoms with Crippen molar-refractivity contribution in [3.8, 4) is 0 Å². The van der Waals surface area contributed by atoms with Gasteiger partial charge in [0.25, 0.3) is 0 Å². The second-order valence-electron chi connectivity index (χ2n) is 4.32. The lowest BCUT2D eigenvalue weighted by molar-refractivity contribution is -0.115. The minimum atomic E-state index is -0.325. The summed E-state index contributed by atoms with van der Waals surface area (Å²) in [6, 6.07) is 16.0. The fourth-order valence-corrected chi connectivity index (χ4v) is 3.37. The number of anilines is 1. The van der Waals surface area contributed by atoms with Crippen LogP contribution in [0.15, 0.2) is 54.6 Å². The number of hydrogen-bond donors (Lipinski definition) is 0. The Balaban J connectivity index is 2.00. The molecule has 1 fully saturated rings. The van der Waals surface area contributed by atoms with Gasteiger partial charge in [0.1, 0.15) is 11.2 Å². The largest absolute Gasteiger partial charge is 0.295 e. The van der Waals surface area contributed by atoms with Crippen LogP contribution in [0.1, 0.15) is 10.9 Å². The van der Waals surface area contributed by atoms with E-state index in [2.05, 4.69) is 0 Å². The lowest BCUT2D eigenvalue weighted by Gasteiger charge is -2.24. The molecule has 1 unspecified atom stereocenters. The molecule has 1 atom stereocenters. The summed E-state index contributed by atoms with van der Waals surface area (Å²) in [6.07, 6.45) is 0. The van der Waals surface area contributed by atoms with Gasteiger partial charge < -0.3 is 0 Å². The molecule has 0 aliphatic carbocycles. The predicted molar refractivity (Wildman–Crippen MR) is 75.5 cm³/mol. The van der Waals surface area contributed by atoms with E-state index in [9.17, 15) is 9.18 Å². The van der Waals surface area contributed by atoms with Crippen LogP contribution in [0.5, 0.6) is 0 Å². The highest BCUT2D eigenvalue weighted by atomic mass is 32.2. The van der Waals surface area contributed by atoms with E-state index in [1.54, 1.807) is 28.8 Å². The Labute approximate surface area is 115 Å². The molecule has 1 heterocycles. The maximum absolute atomic E-state index is 13.3. The topological polar surface area (TPSA) is 20.3 Å². The Morgan fingerprint density at radius 2 is 1.89 bits per heavy atom. The van der Waals surface area contributed by atoms with Crippen LogP contribution in [0, 0.1) is 5.82 Å². The highest BCUT2D eigenvalue weighted by Crippen LogP contribution is 2.41. The van der Waals surface area contributed by atoms with Gasteiger partial charge in [-0.2, -0.15) is 0 Å². The van der Waals surface area contributed by atoms with Gasteiger partial charge in [-0.25, -0.2) is 4.39 Å². The molecule has 0 bridgehead atoms. The fourth-order valence-electron chi connectivity index (χ4n) is 2.19. The zero-order valence-electron chi connectivity index (χ0n) is 10.1. The first-order chi connectivity index (χ1) is 9.25. The Bertz CT molecular complexity index is 602. The second kappa shape index (κ2) is 5.05. The average Bonchev–Trinajstić information content (AvgIpc) is 2.82. The van der Waals surface area contributed by atoms with Gasteiger partial charge in [-0.3, -0.25) is 9.69 Å². The van der Waals surface area contributed by atoms with Gasteiger partial charge in [0.2, 0.25) is 5.91 Å². The summed E-state index contributed by atoms with van der Waals surface area (Å²) >= 11 is 1.57. The monoisotopic (exact) mass is 273 g/mol. The molecule has 1 amide bonds. The summed E-state index contributed by atoms with van der Waals surface area (Å²) in [7, 11) is 0. The van der Waals surface area contributed by atoms with Crippen molar-refractivity contribution in [1.82, 2.24) is 0 Å². The van der Waals surface area contributed by atoms with E-state index >= 15 is 0 Å². The van der Waals surface area contributed by atoms with Crippen molar-refractivity contribution in [3.05, 3.63) is 66.0 Å².